The number of anilines is 1. The molecule has 2 rings (SSSR count). The lowest BCUT2D eigenvalue weighted by molar-refractivity contribution is -0.147. The van der Waals surface area contributed by atoms with Crippen LogP contribution in [0.4, 0.5) is 5.69 Å². The van der Waals surface area contributed by atoms with E-state index in [9.17, 15) is 9.59 Å². The maximum atomic E-state index is 12.2. The molecule has 3 N–H and O–H groups in total. The van der Waals surface area contributed by atoms with Gasteiger partial charge in [0, 0.05) is 15.9 Å². The molecule has 0 saturated heterocycles. The Balaban J connectivity index is 1.93. The summed E-state index contributed by atoms with van der Waals surface area (Å²) in [5, 5.41) is 13.7. The lowest BCUT2D eigenvalue weighted by Gasteiger charge is -2.15. The molecule has 0 saturated carbocycles. The highest BCUT2D eigenvalue weighted by molar-refractivity contribution is 9.10. The second-order valence-corrected chi connectivity index (χ2v) is 6.95. The molecule has 0 aliphatic carbocycles. The van der Waals surface area contributed by atoms with E-state index in [2.05, 4.69) is 26.6 Å². The predicted molar refractivity (Wildman–Crippen MR) is 113 cm³/mol. The molecule has 0 atom stereocenters. The lowest BCUT2D eigenvalue weighted by atomic mass is 10.1. The molecule has 0 radical (unpaired) electrons. The van der Waals surface area contributed by atoms with Gasteiger partial charge in [-0.15, -0.1) is 0 Å². The fourth-order valence-electron chi connectivity index (χ4n) is 2.44. The zero-order valence-electron chi connectivity index (χ0n) is 15.7. The van der Waals surface area contributed by atoms with Gasteiger partial charge in [0.05, 0.1) is 17.8 Å². The van der Waals surface area contributed by atoms with Crippen molar-refractivity contribution in [1.29, 1.82) is 5.41 Å². The van der Waals surface area contributed by atoms with E-state index in [1.807, 2.05) is 54.6 Å². The summed E-state index contributed by atoms with van der Waals surface area (Å²) in [5.74, 6) is -1.01. The first-order chi connectivity index (χ1) is 13.4. The quantitative estimate of drug-likeness (QED) is 0.424. The topological polar surface area (TPSA) is 91.3 Å². The van der Waals surface area contributed by atoms with Gasteiger partial charge in [-0.3, -0.25) is 9.59 Å². The Labute approximate surface area is 172 Å². The van der Waals surface area contributed by atoms with Gasteiger partial charge in [0.2, 0.25) is 0 Å². The SMILES string of the molecule is CC(=N)/C(NC(=O)COC(=O)Cc1ccccc1Br)=C(/C)Nc1ccccc1. The van der Waals surface area contributed by atoms with Crippen LogP contribution in [0.15, 0.2) is 70.5 Å². The Morgan fingerprint density at radius 1 is 1.04 bits per heavy atom. The van der Waals surface area contributed by atoms with Crippen LogP contribution >= 0.6 is 15.9 Å². The number of carbonyl (C=O) groups is 2. The molecule has 28 heavy (non-hydrogen) atoms. The third kappa shape index (κ3) is 6.66. The van der Waals surface area contributed by atoms with Gasteiger partial charge in [-0.1, -0.05) is 52.3 Å². The summed E-state index contributed by atoms with van der Waals surface area (Å²) in [5.41, 5.74) is 2.77. The molecule has 0 spiro atoms. The van der Waals surface area contributed by atoms with E-state index in [0.717, 1.165) is 15.7 Å². The van der Waals surface area contributed by atoms with Gasteiger partial charge in [0.25, 0.3) is 5.91 Å². The third-order valence-electron chi connectivity index (χ3n) is 3.78. The van der Waals surface area contributed by atoms with Crippen molar-refractivity contribution in [2.75, 3.05) is 11.9 Å². The summed E-state index contributed by atoms with van der Waals surface area (Å²) in [4.78, 5) is 24.2. The fourth-order valence-corrected chi connectivity index (χ4v) is 2.86. The molecule has 7 heteroatoms. The van der Waals surface area contributed by atoms with Crippen LogP contribution in [0.2, 0.25) is 0 Å². The van der Waals surface area contributed by atoms with Crippen molar-refractivity contribution in [1.82, 2.24) is 5.32 Å². The van der Waals surface area contributed by atoms with E-state index in [1.165, 1.54) is 0 Å². The maximum Gasteiger partial charge on any atom is 0.310 e. The van der Waals surface area contributed by atoms with E-state index in [0.29, 0.717) is 11.4 Å². The molecule has 0 aliphatic heterocycles. The van der Waals surface area contributed by atoms with E-state index in [4.69, 9.17) is 10.1 Å². The number of nitrogens with one attached hydrogen (secondary N) is 3. The van der Waals surface area contributed by atoms with Gasteiger partial charge in [0.15, 0.2) is 6.61 Å². The van der Waals surface area contributed by atoms with Crippen LogP contribution in [0, 0.1) is 5.41 Å². The summed E-state index contributed by atoms with van der Waals surface area (Å²) < 4.78 is 5.87. The molecule has 1 amide bonds. The van der Waals surface area contributed by atoms with Crippen molar-refractivity contribution < 1.29 is 14.3 Å². The number of ether oxygens (including phenoxy) is 1. The molecule has 0 fully saturated rings. The van der Waals surface area contributed by atoms with Crippen LogP contribution in [0.5, 0.6) is 0 Å². The van der Waals surface area contributed by atoms with E-state index < -0.39 is 18.5 Å². The number of hydrogen-bond acceptors (Lipinski definition) is 5. The van der Waals surface area contributed by atoms with E-state index in [1.54, 1.807) is 13.8 Å². The van der Waals surface area contributed by atoms with E-state index in [-0.39, 0.29) is 12.1 Å². The molecule has 0 unspecified atom stereocenters. The van der Waals surface area contributed by atoms with Gasteiger partial charge in [0.1, 0.15) is 0 Å². The number of hydrogen-bond donors (Lipinski definition) is 3. The molecule has 146 valence electrons. The Morgan fingerprint density at radius 2 is 1.68 bits per heavy atom. The largest absolute Gasteiger partial charge is 0.455 e. The number of rotatable bonds is 8. The van der Waals surface area contributed by atoms with Gasteiger partial charge in [-0.05, 0) is 37.6 Å². The maximum absolute atomic E-state index is 12.2. The highest BCUT2D eigenvalue weighted by atomic mass is 79.9. The first kappa shape index (κ1) is 21.4. The minimum atomic E-state index is -0.503. The van der Waals surface area contributed by atoms with E-state index >= 15 is 0 Å². The zero-order chi connectivity index (χ0) is 20.5. The molecule has 0 aromatic heterocycles. The summed E-state index contributed by atoms with van der Waals surface area (Å²) in [6, 6.07) is 16.8. The molecule has 6 nitrogen and oxygen atoms in total. The summed E-state index contributed by atoms with van der Waals surface area (Å²) in [6.07, 6.45) is 0.0651. The lowest BCUT2D eigenvalue weighted by Crippen LogP contribution is -2.32. The molecule has 2 aromatic rings. The standard InChI is InChI=1S/C21H22BrN3O3/c1-14(23)21(15(2)24-17-9-4-3-5-10-17)25-19(26)13-28-20(27)12-16-8-6-7-11-18(16)22/h3-11,23-24H,12-13H2,1-2H3,(H,25,26)/b21-15+,23-14?. The van der Waals surface area contributed by atoms with Crippen molar-refractivity contribution in [3.8, 4) is 0 Å². The number of allylic oxidation sites excluding steroid dienone is 2. The van der Waals surface area contributed by atoms with Crippen LogP contribution in [0.25, 0.3) is 0 Å². The van der Waals surface area contributed by atoms with Gasteiger partial charge in [-0.25, -0.2) is 0 Å². The Kier molecular flexibility index (Phi) is 7.95. The van der Waals surface area contributed by atoms with Crippen LogP contribution in [-0.4, -0.2) is 24.2 Å². The highest BCUT2D eigenvalue weighted by Gasteiger charge is 2.14. The van der Waals surface area contributed by atoms with Gasteiger partial charge < -0.3 is 20.8 Å². The van der Waals surface area contributed by atoms with Crippen LogP contribution < -0.4 is 10.6 Å². The minimum absolute atomic E-state index is 0.0651. The van der Waals surface area contributed by atoms with Crippen LogP contribution in [-0.2, 0) is 20.7 Å². The van der Waals surface area contributed by atoms with Crippen molar-refractivity contribution >= 4 is 39.2 Å². The number of para-hydroxylation sites is 1. The Bertz CT molecular complexity index is 895. The first-order valence-electron chi connectivity index (χ1n) is 8.64. The van der Waals surface area contributed by atoms with Crippen molar-refractivity contribution in [2.24, 2.45) is 0 Å². The number of halogens is 1. The van der Waals surface area contributed by atoms with Crippen molar-refractivity contribution in [2.45, 2.75) is 20.3 Å². The monoisotopic (exact) mass is 443 g/mol. The molecule has 0 bridgehead atoms. The van der Waals surface area contributed by atoms with Crippen molar-refractivity contribution in [3.63, 3.8) is 0 Å². The predicted octanol–water partition coefficient (Wildman–Crippen LogP) is 4.03. The highest BCUT2D eigenvalue weighted by Crippen LogP contribution is 2.16. The van der Waals surface area contributed by atoms with Gasteiger partial charge >= 0.3 is 5.97 Å². The molecule has 0 aliphatic rings. The number of carbonyl (C=O) groups excluding carboxylic acids is 2. The fraction of sp³-hybridized carbons (Fsp3) is 0.190. The number of benzene rings is 2. The first-order valence-corrected chi connectivity index (χ1v) is 9.43. The molecular formula is C21H22BrN3O3. The zero-order valence-corrected chi connectivity index (χ0v) is 17.3. The van der Waals surface area contributed by atoms with Crippen molar-refractivity contribution in [3.05, 3.63) is 76.0 Å². The average Bonchev–Trinajstić information content (AvgIpc) is 2.66. The summed E-state index contributed by atoms with van der Waals surface area (Å²) in [6.45, 7) is 2.92. The van der Waals surface area contributed by atoms with Crippen LogP contribution in [0.1, 0.15) is 19.4 Å². The third-order valence-corrected chi connectivity index (χ3v) is 4.55. The Morgan fingerprint density at radius 3 is 2.32 bits per heavy atom. The summed E-state index contributed by atoms with van der Waals surface area (Å²) in [7, 11) is 0. The smallest absolute Gasteiger partial charge is 0.310 e. The average molecular weight is 444 g/mol. The van der Waals surface area contributed by atoms with Gasteiger partial charge in [-0.2, -0.15) is 0 Å². The summed E-state index contributed by atoms with van der Waals surface area (Å²) >= 11 is 3.37. The molecular weight excluding hydrogens is 422 g/mol. The molecule has 0 heterocycles. The second kappa shape index (κ2) is 10.4. The Hall–Kier alpha value is -2.93. The normalized spacial score (nSPS) is 11.2. The second-order valence-electron chi connectivity index (χ2n) is 6.09. The molecule has 2 aromatic carbocycles. The minimum Gasteiger partial charge on any atom is -0.455 e. The van der Waals surface area contributed by atoms with Crippen LogP contribution in [0.3, 0.4) is 0 Å². The number of amides is 1. The number of esters is 1.